The molecule has 1 atom stereocenters. The minimum atomic E-state index is 0.182. The third-order valence-corrected chi connectivity index (χ3v) is 5.71. The molecule has 0 N–H and O–H groups in total. The quantitative estimate of drug-likeness (QED) is 0.797. The zero-order valence-corrected chi connectivity index (χ0v) is 17.1. The van der Waals surface area contributed by atoms with Crippen molar-refractivity contribution in [2.24, 2.45) is 5.92 Å². The van der Waals surface area contributed by atoms with Crippen LogP contribution in [0.15, 0.2) is 0 Å². The molecular formula is C21H32N4O2. The van der Waals surface area contributed by atoms with Gasteiger partial charge in [-0.25, -0.2) is 9.97 Å². The largest absolute Gasteiger partial charge is 0.342 e. The van der Waals surface area contributed by atoms with Crippen LogP contribution in [0.4, 0.5) is 0 Å². The van der Waals surface area contributed by atoms with E-state index in [4.69, 9.17) is 9.97 Å². The number of hydrogen-bond acceptors (Lipinski definition) is 4. The number of rotatable bonds is 5. The summed E-state index contributed by atoms with van der Waals surface area (Å²) in [5, 5.41) is 0. The highest BCUT2D eigenvalue weighted by Crippen LogP contribution is 2.27. The van der Waals surface area contributed by atoms with Gasteiger partial charge in [0.25, 0.3) is 0 Å². The molecule has 6 heteroatoms. The summed E-state index contributed by atoms with van der Waals surface area (Å²) in [5.41, 5.74) is 2.76. The zero-order chi connectivity index (χ0) is 19.6. The maximum atomic E-state index is 12.5. The molecule has 0 aromatic carbocycles. The van der Waals surface area contributed by atoms with Crippen molar-refractivity contribution < 1.29 is 9.59 Å². The molecule has 2 aliphatic heterocycles. The molecule has 3 heterocycles. The van der Waals surface area contributed by atoms with Crippen LogP contribution in [0.1, 0.15) is 68.2 Å². The number of aromatic nitrogens is 2. The zero-order valence-electron chi connectivity index (χ0n) is 17.1. The third-order valence-electron chi connectivity index (χ3n) is 5.71. The van der Waals surface area contributed by atoms with Crippen molar-refractivity contribution in [3.8, 4) is 0 Å². The Hall–Kier alpha value is -1.98. The van der Waals surface area contributed by atoms with Gasteiger partial charge in [-0.3, -0.25) is 9.59 Å². The van der Waals surface area contributed by atoms with Crippen LogP contribution >= 0.6 is 0 Å². The summed E-state index contributed by atoms with van der Waals surface area (Å²) < 4.78 is 0. The average molecular weight is 373 g/mol. The Bertz CT molecular complexity index is 687. The molecule has 1 aromatic rings. The van der Waals surface area contributed by atoms with Crippen molar-refractivity contribution >= 4 is 11.8 Å². The number of aryl methyl sites for hydroxylation is 2. The van der Waals surface area contributed by atoms with Gasteiger partial charge in [-0.2, -0.15) is 0 Å². The summed E-state index contributed by atoms with van der Waals surface area (Å²) in [6.07, 6.45) is 4.11. The molecule has 27 heavy (non-hydrogen) atoms. The van der Waals surface area contributed by atoms with Gasteiger partial charge in [-0.1, -0.05) is 13.8 Å². The average Bonchev–Trinajstić information content (AvgIpc) is 3.28. The lowest BCUT2D eigenvalue weighted by atomic mass is 10.0. The number of hydrogen-bond donors (Lipinski definition) is 0. The number of likely N-dealkylation sites (tertiary alicyclic amines) is 2. The van der Waals surface area contributed by atoms with Crippen molar-refractivity contribution in [3.63, 3.8) is 0 Å². The van der Waals surface area contributed by atoms with E-state index in [9.17, 15) is 9.59 Å². The Morgan fingerprint density at radius 2 is 1.63 bits per heavy atom. The van der Waals surface area contributed by atoms with E-state index in [1.807, 2.05) is 23.6 Å². The summed E-state index contributed by atoms with van der Waals surface area (Å²) in [7, 11) is 0. The Balaban J connectivity index is 1.68. The molecule has 0 saturated carbocycles. The summed E-state index contributed by atoms with van der Waals surface area (Å²) in [6, 6.07) is 0. The van der Waals surface area contributed by atoms with Crippen LogP contribution < -0.4 is 0 Å². The van der Waals surface area contributed by atoms with E-state index in [0.717, 1.165) is 61.7 Å². The van der Waals surface area contributed by atoms with E-state index >= 15 is 0 Å². The van der Waals surface area contributed by atoms with Crippen molar-refractivity contribution in [2.75, 3.05) is 26.2 Å². The molecule has 2 fully saturated rings. The Labute approximate surface area is 162 Å². The molecule has 0 radical (unpaired) electrons. The number of amides is 2. The minimum absolute atomic E-state index is 0.182. The van der Waals surface area contributed by atoms with Gasteiger partial charge in [0.05, 0.1) is 6.42 Å². The van der Waals surface area contributed by atoms with Crippen LogP contribution in [0.5, 0.6) is 0 Å². The molecule has 6 nitrogen and oxygen atoms in total. The van der Waals surface area contributed by atoms with Crippen molar-refractivity contribution in [3.05, 3.63) is 22.8 Å². The lowest BCUT2D eigenvalue weighted by Gasteiger charge is -2.19. The van der Waals surface area contributed by atoms with E-state index in [-0.39, 0.29) is 17.7 Å². The lowest BCUT2D eigenvalue weighted by Crippen LogP contribution is -2.30. The van der Waals surface area contributed by atoms with Gasteiger partial charge < -0.3 is 9.80 Å². The van der Waals surface area contributed by atoms with Crippen molar-refractivity contribution in [1.29, 1.82) is 0 Å². The van der Waals surface area contributed by atoms with E-state index in [0.29, 0.717) is 25.3 Å². The topological polar surface area (TPSA) is 66.4 Å². The van der Waals surface area contributed by atoms with Gasteiger partial charge in [0, 0.05) is 55.5 Å². The molecule has 148 valence electrons. The first-order valence-electron chi connectivity index (χ1n) is 10.2. The second-order valence-corrected chi connectivity index (χ2v) is 8.42. The SMILES string of the molecule is Cc1nc([C@H]2CCN(C(=O)CC(C)C)C2)nc(C)c1CC(=O)N1CCCC1. The standard InChI is InChI=1S/C21H32N4O2/c1-14(2)11-19(26)25-10-7-17(13-25)21-22-15(3)18(16(4)23-21)12-20(27)24-8-5-6-9-24/h14,17H,5-13H2,1-4H3/t17-/m0/s1. The lowest BCUT2D eigenvalue weighted by molar-refractivity contribution is -0.131. The molecule has 0 spiro atoms. The van der Waals surface area contributed by atoms with E-state index in [1.54, 1.807) is 0 Å². The summed E-state index contributed by atoms with van der Waals surface area (Å²) in [5.74, 6) is 1.81. The highest BCUT2D eigenvalue weighted by atomic mass is 16.2. The van der Waals surface area contributed by atoms with Gasteiger partial charge in [-0.05, 0) is 39.0 Å². The molecule has 1 aromatic heterocycles. The van der Waals surface area contributed by atoms with E-state index in [1.165, 1.54) is 0 Å². The molecule has 0 bridgehead atoms. The van der Waals surface area contributed by atoms with Crippen LogP contribution in [0, 0.1) is 19.8 Å². The Morgan fingerprint density at radius 1 is 1.00 bits per heavy atom. The maximum absolute atomic E-state index is 12.5. The van der Waals surface area contributed by atoms with Crippen molar-refractivity contribution in [1.82, 2.24) is 19.8 Å². The van der Waals surface area contributed by atoms with Crippen LogP contribution in [0.25, 0.3) is 0 Å². The van der Waals surface area contributed by atoms with E-state index in [2.05, 4.69) is 13.8 Å². The first-order chi connectivity index (χ1) is 12.8. The van der Waals surface area contributed by atoms with Gasteiger partial charge in [0.2, 0.25) is 11.8 Å². The Morgan fingerprint density at radius 3 is 2.22 bits per heavy atom. The molecule has 2 saturated heterocycles. The van der Waals surface area contributed by atoms with Gasteiger partial charge >= 0.3 is 0 Å². The Kier molecular flexibility index (Phi) is 6.12. The summed E-state index contributed by atoms with van der Waals surface area (Å²) in [6.45, 7) is 11.3. The normalized spacial score (nSPS) is 20.0. The summed E-state index contributed by atoms with van der Waals surface area (Å²) >= 11 is 0. The molecule has 2 aliphatic rings. The van der Waals surface area contributed by atoms with Gasteiger partial charge in [0.1, 0.15) is 5.82 Å². The highest BCUT2D eigenvalue weighted by molar-refractivity contribution is 5.79. The molecular weight excluding hydrogens is 340 g/mol. The maximum Gasteiger partial charge on any atom is 0.227 e. The molecule has 0 unspecified atom stereocenters. The minimum Gasteiger partial charge on any atom is -0.342 e. The first kappa shape index (κ1) is 19.8. The monoisotopic (exact) mass is 372 g/mol. The number of nitrogens with zero attached hydrogens (tertiary/aromatic N) is 4. The predicted octanol–water partition coefficient (Wildman–Crippen LogP) is 2.62. The van der Waals surface area contributed by atoms with Gasteiger partial charge in [-0.15, -0.1) is 0 Å². The predicted molar refractivity (Wildman–Crippen MR) is 104 cm³/mol. The molecule has 0 aliphatic carbocycles. The van der Waals surface area contributed by atoms with Crippen LogP contribution in [-0.2, 0) is 16.0 Å². The highest BCUT2D eigenvalue weighted by Gasteiger charge is 2.30. The molecule has 3 rings (SSSR count). The number of carbonyl (C=O) groups excluding carboxylic acids is 2. The first-order valence-corrected chi connectivity index (χ1v) is 10.2. The number of carbonyl (C=O) groups is 2. The fourth-order valence-electron chi connectivity index (χ4n) is 4.11. The molecule has 2 amide bonds. The third kappa shape index (κ3) is 4.66. The van der Waals surface area contributed by atoms with Crippen molar-refractivity contribution in [2.45, 2.75) is 65.7 Å². The smallest absolute Gasteiger partial charge is 0.227 e. The second kappa shape index (κ2) is 8.36. The second-order valence-electron chi connectivity index (χ2n) is 8.42. The fourth-order valence-corrected chi connectivity index (χ4v) is 4.11. The van der Waals surface area contributed by atoms with Gasteiger partial charge in [0.15, 0.2) is 0 Å². The van der Waals surface area contributed by atoms with Crippen LogP contribution in [0.3, 0.4) is 0 Å². The van der Waals surface area contributed by atoms with Crippen LogP contribution in [0.2, 0.25) is 0 Å². The van der Waals surface area contributed by atoms with Crippen LogP contribution in [-0.4, -0.2) is 57.8 Å². The van der Waals surface area contributed by atoms with E-state index < -0.39 is 0 Å². The fraction of sp³-hybridized carbons (Fsp3) is 0.714. The summed E-state index contributed by atoms with van der Waals surface area (Å²) in [4.78, 5) is 38.2.